The molecule has 128 valence electrons. The molecule has 0 bridgehead atoms. The first-order valence-corrected chi connectivity index (χ1v) is 8.94. The van der Waals surface area contributed by atoms with Crippen molar-refractivity contribution in [2.75, 3.05) is 7.11 Å². The summed E-state index contributed by atoms with van der Waals surface area (Å²) < 4.78 is 27.8. The Balaban J connectivity index is 1.87. The van der Waals surface area contributed by atoms with Gasteiger partial charge in [-0.2, -0.15) is 0 Å². The Labute approximate surface area is 141 Å². The zero-order valence-electron chi connectivity index (χ0n) is 13.4. The number of nitrogens with one attached hydrogen (secondary N) is 1. The van der Waals surface area contributed by atoms with Crippen LogP contribution in [-0.2, 0) is 27.8 Å². The van der Waals surface area contributed by atoms with Crippen molar-refractivity contribution in [2.24, 2.45) is 5.14 Å². The number of sulfonamides is 1. The summed E-state index contributed by atoms with van der Waals surface area (Å²) in [4.78, 5) is 12.0. The lowest BCUT2D eigenvalue weighted by Gasteiger charge is -2.07. The van der Waals surface area contributed by atoms with E-state index in [2.05, 4.69) is 5.32 Å². The van der Waals surface area contributed by atoms with E-state index in [-0.39, 0.29) is 17.3 Å². The highest BCUT2D eigenvalue weighted by Gasteiger charge is 2.08. The number of hydrogen-bond donors (Lipinski definition) is 2. The van der Waals surface area contributed by atoms with E-state index in [1.54, 1.807) is 19.2 Å². The van der Waals surface area contributed by atoms with Crippen molar-refractivity contribution in [3.05, 3.63) is 59.7 Å². The lowest BCUT2D eigenvalue weighted by Crippen LogP contribution is -2.23. The number of benzene rings is 2. The monoisotopic (exact) mass is 348 g/mol. The molecule has 2 aromatic rings. The standard InChI is InChI=1S/C17H20N2O4S/c1-23-15-6-2-4-13(10-15)8-9-17(20)19-12-14-5-3-7-16(11-14)24(18,21)22/h2-7,10-11H,8-9,12H2,1H3,(H,19,20)(H2,18,21,22). The van der Waals surface area contributed by atoms with Gasteiger partial charge in [0.15, 0.2) is 0 Å². The number of ether oxygens (including phenoxy) is 1. The topological polar surface area (TPSA) is 98.5 Å². The minimum absolute atomic E-state index is 0.0330. The van der Waals surface area contributed by atoms with Crippen LogP contribution in [0.5, 0.6) is 5.75 Å². The number of amides is 1. The summed E-state index contributed by atoms with van der Waals surface area (Å²) in [5, 5.41) is 7.86. The number of nitrogens with two attached hydrogens (primary N) is 1. The molecule has 7 heteroatoms. The van der Waals surface area contributed by atoms with Gasteiger partial charge < -0.3 is 10.1 Å². The van der Waals surface area contributed by atoms with Crippen LogP contribution in [0.3, 0.4) is 0 Å². The third-order valence-corrected chi connectivity index (χ3v) is 4.40. The minimum atomic E-state index is -3.74. The average molecular weight is 348 g/mol. The van der Waals surface area contributed by atoms with Crippen molar-refractivity contribution in [2.45, 2.75) is 24.3 Å². The molecule has 0 aliphatic carbocycles. The maximum Gasteiger partial charge on any atom is 0.238 e. The molecule has 0 heterocycles. The number of carbonyl (C=O) groups excluding carboxylic acids is 1. The van der Waals surface area contributed by atoms with E-state index in [1.165, 1.54) is 12.1 Å². The third kappa shape index (κ3) is 5.36. The van der Waals surface area contributed by atoms with E-state index in [9.17, 15) is 13.2 Å². The molecule has 0 radical (unpaired) electrons. The van der Waals surface area contributed by atoms with E-state index in [1.807, 2.05) is 24.3 Å². The normalized spacial score (nSPS) is 11.1. The molecule has 0 atom stereocenters. The molecule has 0 saturated heterocycles. The van der Waals surface area contributed by atoms with Gasteiger partial charge in [-0.15, -0.1) is 0 Å². The molecule has 0 spiro atoms. The predicted molar refractivity (Wildman–Crippen MR) is 91.0 cm³/mol. The zero-order valence-corrected chi connectivity index (χ0v) is 14.2. The van der Waals surface area contributed by atoms with Gasteiger partial charge in [-0.1, -0.05) is 24.3 Å². The van der Waals surface area contributed by atoms with Crippen LogP contribution in [0, 0.1) is 0 Å². The molecule has 0 aliphatic rings. The summed E-state index contributed by atoms with van der Waals surface area (Å²) in [7, 11) is -2.14. The van der Waals surface area contributed by atoms with Crippen LogP contribution in [0.15, 0.2) is 53.4 Å². The summed E-state index contributed by atoms with van der Waals surface area (Å²) >= 11 is 0. The van der Waals surface area contributed by atoms with Gasteiger partial charge in [0, 0.05) is 13.0 Å². The number of carbonyl (C=O) groups is 1. The second kappa shape index (κ2) is 7.94. The molecular weight excluding hydrogens is 328 g/mol. The second-order valence-electron chi connectivity index (χ2n) is 5.32. The first kappa shape index (κ1) is 18.0. The van der Waals surface area contributed by atoms with Gasteiger partial charge >= 0.3 is 0 Å². The summed E-state index contributed by atoms with van der Waals surface area (Å²) in [5.74, 6) is 0.645. The van der Waals surface area contributed by atoms with Crippen LogP contribution in [0.2, 0.25) is 0 Å². The molecular formula is C17H20N2O4S. The van der Waals surface area contributed by atoms with Gasteiger partial charge in [0.25, 0.3) is 0 Å². The Morgan fingerprint density at radius 3 is 2.54 bits per heavy atom. The summed E-state index contributed by atoms with van der Waals surface area (Å²) in [6, 6.07) is 13.8. The van der Waals surface area contributed by atoms with E-state index < -0.39 is 10.0 Å². The summed E-state index contributed by atoms with van der Waals surface area (Å²) in [5.41, 5.74) is 1.69. The minimum Gasteiger partial charge on any atom is -0.497 e. The molecule has 0 unspecified atom stereocenters. The highest BCUT2D eigenvalue weighted by Crippen LogP contribution is 2.14. The second-order valence-corrected chi connectivity index (χ2v) is 6.88. The molecule has 0 fully saturated rings. The number of aryl methyl sites for hydroxylation is 1. The Kier molecular flexibility index (Phi) is 5.94. The number of hydrogen-bond acceptors (Lipinski definition) is 4. The van der Waals surface area contributed by atoms with Crippen LogP contribution in [0.4, 0.5) is 0 Å². The lowest BCUT2D eigenvalue weighted by molar-refractivity contribution is -0.121. The van der Waals surface area contributed by atoms with Gasteiger partial charge in [-0.3, -0.25) is 4.79 Å². The van der Waals surface area contributed by atoms with Crippen LogP contribution < -0.4 is 15.2 Å². The molecule has 1 amide bonds. The van der Waals surface area contributed by atoms with Gasteiger partial charge in [0.1, 0.15) is 5.75 Å². The summed E-state index contributed by atoms with van der Waals surface area (Å²) in [6.45, 7) is 0.250. The Morgan fingerprint density at radius 2 is 1.83 bits per heavy atom. The predicted octanol–water partition coefficient (Wildman–Crippen LogP) is 1.59. The van der Waals surface area contributed by atoms with Crippen LogP contribution in [-0.4, -0.2) is 21.4 Å². The van der Waals surface area contributed by atoms with Crippen LogP contribution >= 0.6 is 0 Å². The molecule has 0 aliphatic heterocycles. The fraction of sp³-hybridized carbons (Fsp3) is 0.235. The molecule has 2 aromatic carbocycles. The molecule has 0 aromatic heterocycles. The van der Waals surface area contributed by atoms with Gasteiger partial charge in [-0.05, 0) is 41.8 Å². The van der Waals surface area contributed by atoms with Crippen LogP contribution in [0.1, 0.15) is 17.5 Å². The number of rotatable bonds is 7. The maximum atomic E-state index is 11.9. The smallest absolute Gasteiger partial charge is 0.238 e. The van der Waals surface area contributed by atoms with Crippen LogP contribution in [0.25, 0.3) is 0 Å². The van der Waals surface area contributed by atoms with E-state index in [0.717, 1.165) is 11.3 Å². The highest BCUT2D eigenvalue weighted by molar-refractivity contribution is 7.89. The number of primary sulfonamides is 1. The van der Waals surface area contributed by atoms with Crippen molar-refractivity contribution in [1.29, 1.82) is 0 Å². The number of methoxy groups -OCH3 is 1. The maximum absolute atomic E-state index is 11.9. The van der Waals surface area contributed by atoms with Crippen molar-refractivity contribution < 1.29 is 17.9 Å². The van der Waals surface area contributed by atoms with Gasteiger partial charge in [-0.25, -0.2) is 13.6 Å². The fourth-order valence-electron chi connectivity index (χ4n) is 2.21. The van der Waals surface area contributed by atoms with Gasteiger partial charge in [0.2, 0.25) is 15.9 Å². The lowest BCUT2D eigenvalue weighted by atomic mass is 10.1. The largest absolute Gasteiger partial charge is 0.497 e. The van der Waals surface area contributed by atoms with Crippen molar-refractivity contribution in [1.82, 2.24) is 5.32 Å². The first-order valence-electron chi connectivity index (χ1n) is 7.40. The summed E-state index contributed by atoms with van der Waals surface area (Å²) in [6.07, 6.45) is 0.933. The SMILES string of the molecule is COc1cccc(CCC(=O)NCc2cccc(S(N)(=O)=O)c2)c1. The van der Waals surface area contributed by atoms with Gasteiger partial charge in [0.05, 0.1) is 12.0 Å². The Hall–Kier alpha value is -2.38. The quantitative estimate of drug-likeness (QED) is 0.794. The van der Waals surface area contributed by atoms with Crippen molar-refractivity contribution >= 4 is 15.9 Å². The van der Waals surface area contributed by atoms with E-state index in [4.69, 9.17) is 9.88 Å². The fourth-order valence-corrected chi connectivity index (χ4v) is 2.79. The first-order chi connectivity index (χ1) is 11.4. The Morgan fingerprint density at radius 1 is 1.12 bits per heavy atom. The molecule has 3 N–H and O–H groups in total. The van der Waals surface area contributed by atoms with Crippen molar-refractivity contribution in [3.63, 3.8) is 0 Å². The Bertz CT molecular complexity index is 819. The molecule has 24 heavy (non-hydrogen) atoms. The third-order valence-electron chi connectivity index (χ3n) is 3.49. The zero-order chi connectivity index (χ0) is 17.6. The highest BCUT2D eigenvalue weighted by atomic mass is 32.2. The van der Waals surface area contributed by atoms with E-state index >= 15 is 0 Å². The average Bonchev–Trinajstić information content (AvgIpc) is 2.58. The molecule has 0 saturated carbocycles. The van der Waals surface area contributed by atoms with Crippen molar-refractivity contribution in [3.8, 4) is 5.75 Å². The van der Waals surface area contributed by atoms with E-state index in [0.29, 0.717) is 18.4 Å². The molecule has 6 nitrogen and oxygen atoms in total. The molecule has 2 rings (SSSR count).